The van der Waals surface area contributed by atoms with Gasteiger partial charge < -0.3 is 18.9 Å². The van der Waals surface area contributed by atoms with Crippen LogP contribution in [0.2, 0.25) is 0 Å². The maximum atomic E-state index is 13.2. The predicted octanol–water partition coefficient (Wildman–Crippen LogP) is 1.70. The van der Waals surface area contributed by atoms with E-state index < -0.39 is 60.1 Å². The van der Waals surface area contributed by atoms with E-state index in [1.165, 1.54) is 0 Å². The van der Waals surface area contributed by atoms with Crippen molar-refractivity contribution in [2.75, 3.05) is 0 Å². The van der Waals surface area contributed by atoms with Crippen LogP contribution in [0, 0.1) is 15.4 Å². The average Bonchev–Trinajstić information content (AvgIpc) is 3.19. The van der Waals surface area contributed by atoms with E-state index in [2.05, 4.69) is 22.6 Å². The molecule has 3 aliphatic heterocycles. The molecule has 0 saturated carbocycles. The van der Waals surface area contributed by atoms with Gasteiger partial charge in [0, 0.05) is 10.5 Å². The Morgan fingerprint density at radius 3 is 2.44 bits per heavy atom. The number of alkyl halides is 2. The molecule has 3 aliphatic rings. The van der Waals surface area contributed by atoms with E-state index in [1.807, 2.05) is 0 Å². The van der Waals surface area contributed by atoms with Gasteiger partial charge in [0.25, 0.3) is 0 Å². The Labute approximate surface area is 165 Å². The van der Waals surface area contributed by atoms with E-state index in [-0.39, 0.29) is 5.75 Å². The molecule has 27 heavy (non-hydrogen) atoms. The van der Waals surface area contributed by atoms with E-state index in [9.17, 15) is 23.2 Å². The van der Waals surface area contributed by atoms with Crippen LogP contribution in [0.5, 0.6) is 5.75 Å². The number of carbonyl (C=O) groups is 3. The fourth-order valence-corrected chi connectivity index (χ4v) is 4.01. The summed E-state index contributed by atoms with van der Waals surface area (Å²) >= 11 is 2.09. The summed E-state index contributed by atoms with van der Waals surface area (Å²) in [5.74, 6) is -8.71. The molecule has 4 rings (SSSR count). The number of hydrogen-bond donors (Lipinski definition) is 0. The highest BCUT2D eigenvalue weighted by atomic mass is 127. The normalized spacial score (nSPS) is 33.7. The summed E-state index contributed by atoms with van der Waals surface area (Å²) in [6.45, 7) is 0.398. The first-order chi connectivity index (χ1) is 12.7. The largest absolute Gasteiger partial charge is 0.455 e. The third kappa shape index (κ3) is 3.08. The maximum absolute atomic E-state index is 13.2. The molecule has 0 aliphatic carbocycles. The standard InChI is InChI=1S/C17H13F2IO7/c1-17(18,19)16(23)27-13-11-8(9-10(25-11)12(13)26-15(9)22)14(21)24-7-4-2-6(20)3-5-7/h2-5,8-13H,1H3. The predicted molar refractivity (Wildman–Crippen MR) is 90.8 cm³/mol. The minimum absolute atomic E-state index is 0.264. The monoisotopic (exact) mass is 494 g/mol. The molecule has 0 N–H and O–H groups in total. The number of ether oxygens (including phenoxy) is 4. The molecular weight excluding hydrogens is 481 g/mol. The van der Waals surface area contributed by atoms with Crippen molar-refractivity contribution in [3.8, 4) is 5.75 Å². The third-order valence-corrected chi connectivity index (χ3v) is 5.53. The number of benzene rings is 1. The molecule has 0 spiro atoms. The van der Waals surface area contributed by atoms with Crippen LogP contribution < -0.4 is 4.74 Å². The number of esters is 3. The first kappa shape index (κ1) is 18.5. The molecule has 3 heterocycles. The van der Waals surface area contributed by atoms with Gasteiger partial charge in [-0.1, -0.05) is 0 Å². The van der Waals surface area contributed by atoms with E-state index in [4.69, 9.17) is 18.9 Å². The maximum Gasteiger partial charge on any atom is 0.377 e. The lowest BCUT2D eigenvalue weighted by Gasteiger charge is -2.27. The Morgan fingerprint density at radius 1 is 1.15 bits per heavy atom. The molecule has 6 atom stereocenters. The van der Waals surface area contributed by atoms with Crippen molar-refractivity contribution >= 4 is 40.5 Å². The van der Waals surface area contributed by atoms with Crippen LogP contribution in [-0.2, 0) is 28.6 Å². The Hall–Kier alpha value is -1.82. The lowest BCUT2D eigenvalue weighted by molar-refractivity contribution is -0.183. The molecule has 0 amide bonds. The Balaban J connectivity index is 1.56. The molecule has 144 valence electrons. The summed E-state index contributed by atoms with van der Waals surface area (Å²) in [6, 6.07) is 6.62. The van der Waals surface area contributed by atoms with Gasteiger partial charge in [0.1, 0.15) is 29.8 Å². The Morgan fingerprint density at radius 2 is 1.81 bits per heavy atom. The average molecular weight is 494 g/mol. The quantitative estimate of drug-likeness (QED) is 0.358. The van der Waals surface area contributed by atoms with Gasteiger partial charge in [-0.05, 0) is 46.9 Å². The molecule has 0 aromatic heterocycles. The molecule has 3 fully saturated rings. The molecule has 0 radical (unpaired) electrons. The van der Waals surface area contributed by atoms with Crippen molar-refractivity contribution in [1.82, 2.24) is 0 Å². The second kappa shape index (κ2) is 6.36. The number of carbonyl (C=O) groups excluding carboxylic acids is 3. The van der Waals surface area contributed by atoms with Crippen LogP contribution >= 0.6 is 22.6 Å². The minimum Gasteiger partial charge on any atom is -0.455 e. The van der Waals surface area contributed by atoms with Crippen LogP contribution in [0.3, 0.4) is 0 Å². The fourth-order valence-electron chi connectivity index (χ4n) is 3.65. The second-order valence-electron chi connectivity index (χ2n) is 6.65. The number of rotatable bonds is 4. The van der Waals surface area contributed by atoms with Crippen molar-refractivity contribution in [2.45, 2.75) is 37.3 Å². The van der Waals surface area contributed by atoms with Crippen molar-refractivity contribution in [1.29, 1.82) is 0 Å². The van der Waals surface area contributed by atoms with Gasteiger partial charge in [-0.15, -0.1) is 0 Å². The van der Waals surface area contributed by atoms with E-state index in [1.54, 1.807) is 24.3 Å². The van der Waals surface area contributed by atoms with Crippen LogP contribution in [0.15, 0.2) is 24.3 Å². The summed E-state index contributed by atoms with van der Waals surface area (Å²) in [6.07, 6.45) is -4.20. The number of hydrogen-bond acceptors (Lipinski definition) is 7. The Kier molecular flexibility index (Phi) is 4.37. The topological polar surface area (TPSA) is 88.1 Å². The van der Waals surface area contributed by atoms with Gasteiger partial charge in [0.15, 0.2) is 12.2 Å². The number of halogens is 3. The first-order valence-electron chi connectivity index (χ1n) is 8.09. The van der Waals surface area contributed by atoms with Gasteiger partial charge in [-0.3, -0.25) is 9.59 Å². The molecule has 3 saturated heterocycles. The zero-order valence-electron chi connectivity index (χ0n) is 13.8. The van der Waals surface area contributed by atoms with E-state index in [0.29, 0.717) is 6.92 Å². The summed E-state index contributed by atoms with van der Waals surface area (Å²) in [7, 11) is 0. The molecule has 7 nitrogen and oxygen atoms in total. The molecule has 1 aromatic carbocycles. The van der Waals surface area contributed by atoms with Gasteiger partial charge in [-0.25, -0.2) is 4.79 Å². The van der Waals surface area contributed by atoms with E-state index in [0.717, 1.165) is 3.57 Å². The summed E-state index contributed by atoms with van der Waals surface area (Å²) in [5.41, 5.74) is 0. The summed E-state index contributed by atoms with van der Waals surface area (Å²) in [4.78, 5) is 36.4. The molecular formula is C17H13F2IO7. The van der Waals surface area contributed by atoms with Crippen LogP contribution in [0.4, 0.5) is 8.78 Å². The zero-order valence-corrected chi connectivity index (χ0v) is 15.9. The second-order valence-corrected chi connectivity index (χ2v) is 7.90. The van der Waals surface area contributed by atoms with Crippen molar-refractivity contribution < 1.29 is 42.1 Å². The SMILES string of the molecule is CC(F)(F)C(=O)OC1C2OC(=O)C3C2OC1C3C(=O)Oc1ccc(I)cc1. The van der Waals surface area contributed by atoms with Crippen LogP contribution in [0.25, 0.3) is 0 Å². The van der Waals surface area contributed by atoms with E-state index >= 15 is 0 Å². The highest BCUT2D eigenvalue weighted by Gasteiger charge is 2.72. The lowest BCUT2D eigenvalue weighted by atomic mass is 9.78. The van der Waals surface area contributed by atoms with Gasteiger partial charge in [0.2, 0.25) is 0 Å². The number of fused-ring (bicyclic) bond motifs is 1. The van der Waals surface area contributed by atoms with Crippen molar-refractivity contribution in [3.05, 3.63) is 27.8 Å². The fraction of sp³-hybridized carbons (Fsp3) is 0.471. The molecule has 2 bridgehead atoms. The minimum atomic E-state index is -3.72. The van der Waals surface area contributed by atoms with Crippen LogP contribution in [-0.4, -0.2) is 48.2 Å². The zero-order chi connectivity index (χ0) is 19.5. The van der Waals surface area contributed by atoms with Gasteiger partial charge >= 0.3 is 23.8 Å². The third-order valence-electron chi connectivity index (χ3n) is 4.81. The van der Waals surface area contributed by atoms with Gasteiger partial charge in [0.05, 0.1) is 0 Å². The molecule has 10 heteroatoms. The van der Waals surface area contributed by atoms with Gasteiger partial charge in [-0.2, -0.15) is 8.78 Å². The highest BCUT2D eigenvalue weighted by molar-refractivity contribution is 14.1. The summed E-state index contributed by atoms with van der Waals surface area (Å²) in [5, 5.41) is 0. The highest BCUT2D eigenvalue weighted by Crippen LogP contribution is 2.51. The first-order valence-corrected chi connectivity index (χ1v) is 9.17. The van der Waals surface area contributed by atoms with Crippen molar-refractivity contribution in [3.63, 3.8) is 0 Å². The smallest absolute Gasteiger partial charge is 0.377 e. The molecule has 1 aromatic rings. The lowest BCUT2D eigenvalue weighted by Crippen LogP contribution is -2.49. The summed E-state index contributed by atoms with van der Waals surface area (Å²) < 4.78 is 48.2. The molecule has 6 unspecified atom stereocenters. The van der Waals surface area contributed by atoms with Crippen LogP contribution in [0.1, 0.15) is 6.92 Å². The Bertz CT molecular complexity index is 806. The van der Waals surface area contributed by atoms with Crippen molar-refractivity contribution in [2.24, 2.45) is 11.8 Å².